The number of nitrogens with zero attached hydrogens (tertiary/aromatic N) is 1. The second kappa shape index (κ2) is 7.12. The van der Waals surface area contributed by atoms with E-state index in [1.165, 1.54) is 12.3 Å². The van der Waals surface area contributed by atoms with Gasteiger partial charge >= 0.3 is 6.18 Å². The molecule has 1 aromatic rings. The van der Waals surface area contributed by atoms with E-state index in [-0.39, 0.29) is 24.7 Å². The number of carbonyl (C=O) groups is 1. The topological polar surface area (TPSA) is 54.0 Å². The van der Waals surface area contributed by atoms with Crippen molar-refractivity contribution in [1.82, 2.24) is 10.3 Å². The van der Waals surface area contributed by atoms with Gasteiger partial charge in [-0.2, -0.15) is 13.2 Å². The molecule has 0 aliphatic heterocycles. The van der Waals surface area contributed by atoms with E-state index in [0.717, 1.165) is 6.07 Å². The highest BCUT2D eigenvalue weighted by molar-refractivity contribution is 5.76. The summed E-state index contributed by atoms with van der Waals surface area (Å²) in [6.07, 6.45) is -3.09. The maximum Gasteiger partial charge on any atom is 0.419 e. The van der Waals surface area contributed by atoms with E-state index >= 15 is 0 Å². The molecular weight excluding hydrogens is 271 g/mol. The number of halogens is 3. The molecule has 0 aliphatic carbocycles. The highest BCUT2D eigenvalue weighted by Crippen LogP contribution is 2.33. The number of amides is 1. The lowest BCUT2D eigenvalue weighted by molar-refractivity contribution is -0.137. The Morgan fingerprint density at radius 1 is 1.40 bits per heavy atom. The minimum atomic E-state index is -4.46. The molecule has 2 N–H and O–H groups in total. The molecule has 0 atom stereocenters. The number of hydrogen-bond acceptors (Lipinski definition) is 3. The van der Waals surface area contributed by atoms with Crippen molar-refractivity contribution in [2.24, 2.45) is 5.92 Å². The molecule has 1 amide bonds. The first-order valence-corrected chi connectivity index (χ1v) is 6.33. The number of anilines is 1. The quantitative estimate of drug-likeness (QED) is 0.846. The van der Waals surface area contributed by atoms with Crippen LogP contribution < -0.4 is 10.6 Å². The summed E-state index contributed by atoms with van der Waals surface area (Å²) in [5.74, 6) is -0.119. The van der Waals surface area contributed by atoms with Crippen molar-refractivity contribution in [3.05, 3.63) is 23.9 Å². The Hall–Kier alpha value is -1.79. The number of alkyl halides is 3. The monoisotopic (exact) mass is 289 g/mol. The predicted molar refractivity (Wildman–Crippen MR) is 70.2 cm³/mol. The van der Waals surface area contributed by atoms with Gasteiger partial charge in [0.25, 0.3) is 0 Å². The van der Waals surface area contributed by atoms with Crippen LogP contribution >= 0.6 is 0 Å². The van der Waals surface area contributed by atoms with Crippen LogP contribution in [-0.4, -0.2) is 24.0 Å². The molecule has 0 saturated heterocycles. The molecule has 0 fully saturated rings. The third-order valence-electron chi connectivity index (χ3n) is 2.47. The third kappa shape index (κ3) is 5.46. The van der Waals surface area contributed by atoms with Crippen molar-refractivity contribution in [3.8, 4) is 0 Å². The second-order valence-corrected chi connectivity index (χ2v) is 4.77. The Morgan fingerprint density at radius 3 is 2.70 bits per heavy atom. The summed E-state index contributed by atoms with van der Waals surface area (Å²) in [6, 6.07) is 2.18. The molecule has 20 heavy (non-hydrogen) atoms. The zero-order chi connectivity index (χ0) is 15.2. The van der Waals surface area contributed by atoms with E-state index in [2.05, 4.69) is 15.6 Å². The Kier molecular flexibility index (Phi) is 5.79. The first-order valence-electron chi connectivity index (χ1n) is 6.33. The normalized spacial score (nSPS) is 11.5. The lowest BCUT2D eigenvalue weighted by Crippen LogP contribution is -2.29. The van der Waals surface area contributed by atoms with Crippen LogP contribution in [-0.2, 0) is 11.0 Å². The summed E-state index contributed by atoms with van der Waals surface area (Å²) in [5, 5.41) is 5.24. The summed E-state index contributed by atoms with van der Waals surface area (Å²) >= 11 is 0. The molecule has 4 nitrogen and oxygen atoms in total. The van der Waals surface area contributed by atoms with Crippen LogP contribution in [0.15, 0.2) is 18.3 Å². The summed E-state index contributed by atoms with van der Waals surface area (Å²) in [4.78, 5) is 15.1. The van der Waals surface area contributed by atoms with Crippen LogP contribution in [0.3, 0.4) is 0 Å². The summed E-state index contributed by atoms with van der Waals surface area (Å²) in [7, 11) is 0. The minimum Gasteiger partial charge on any atom is -0.369 e. The van der Waals surface area contributed by atoms with E-state index in [1.54, 1.807) is 0 Å². The molecule has 0 aliphatic rings. The molecule has 0 saturated carbocycles. The highest BCUT2D eigenvalue weighted by atomic mass is 19.4. The number of pyridine rings is 1. The molecule has 0 bridgehead atoms. The van der Waals surface area contributed by atoms with Gasteiger partial charge in [0.2, 0.25) is 5.91 Å². The number of carbonyl (C=O) groups excluding carboxylic acids is 1. The van der Waals surface area contributed by atoms with E-state index in [0.29, 0.717) is 12.5 Å². The van der Waals surface area contributed by atoms with Crippen molar-refractivity contribution < 1.29 is 18.0 Å². The average molecular weight is 289 g/mol. The minimum absolute atomic E-state index is 0.0978. The van der Waals surface area contributed by atoms with E-state index in [9.17, 15) is 18.0 Å². The van der Waals surface area contributed by atoms with Crippen molar-refractivity contribution in [3.63, 3.8) is 0 Å². The van der Waals surface area contributed by atoms with Gasteiger partial charge in [0.1, 0.15) is 5.82 Å². The molecule has 0 aromatic carbocycles. The van der Waals surface area contributed by atoms with Gasteiger partial charge in [0.05, 0.1) is 5.56 Å². The zero-order valence-corrected chi connectivity index (χ0v) is 11.4. The van der Waals surface area contributed by atoms with Gasteiger partial charge in [-0.3, -0.25) is 4.79 Å². The fraction of sp³-hybridized carbons (Fsp3) is 0.538. The fourth-order valence-electron chi connectivity index (χ4n) is 1.48. The van der Waals surface area contributed by atoms with E-state index in [4.69, 9.17) is 0 Å². The first-order chi connectivity index (χ1) is 9.30. The number of aromatic nitrogens is 1. The Balaban J connectivity index is 2.49. The lowest BCUT2D eigenvalue weighted by Gasteiger charge is -2.13. The highest BCUT2D eigenvalue weighted by Gasteiger charge is 2.33. The van der Waals surface area contributed by atoms with Crippen LogP contribution in [0.4, 0.5) is 19.0 Å². The molecule has 0 unspecified atom stereocenters. The van der Waals surface area contributed by atoms with Crippen LogP contribution in [0.5, 0.6) is 0 Å². The molecule has 0 radical (unpaired) electrons. The molecule has 112 valence electrons. The summed E-state index contributed by atoms with van der Waals surface area (Å²) < 4.78 is 38.1. The van der Waals surface area contributed by atoms with Gasteiger partial charge in [0, 0.05) is 25.7 Å². The molecule has 0 spiro atoms. The van der Waals surface area contributed by atoms with E-state index in [1.807, 2.05) is 13.8 Å². The molecule has 1 heterocycles. The molecule has 1 rings (SSSR count). The van der Waals surface area contributed by atoms with Gasteiger partial charge in [-0.05, 0) is 18.1 Å². The molecular formula is C13H18F3N3O. The average Bonchev–Trinajstić information content (AvgIpc) is 2.36. The first kappa shape index (κ1) is 16.3. The van der Waals surface area contributed by atoms with Gasteiger partial charge in [-0.25, -0.2) is 4.98 Å². The smallest absolute Gasteiger partial charge is 0.369 e. The Morgan fingerprint density at radius 2 is 2.10 bits per heavy atom. The van der Waals surface area contributed by atoms with E-state index < -0.39 is 11.7 Å². The molecule has 1 aromatic heterocycles. The van der Waals surface area contributed by atoms with Crippen LogP contribution in [0.2, 0.25) is 0 Å². The van der Waals surface area contributed by atoms with Crippen molar-refractivity contribution >= 4 is 11.7 Å². The van der Waals surface area contributed by atoms with Gasteiger partial charge in [-0.1, -0.05) is 13.8 Å². The largest absolute Gasteiger partial charge is 0.419 e. The number of rotatable bonds is 6. The Labute approximate surface area is 115 Å². The Bertz CT molecular complexity index is 447. The maximum atomic E-state index is 12.7. The summed E-state index contributed by atoms with van der Waals surface area (Å²) in [6.45, 7) is 4.57. The van der Waals surface area contributed by atoms with Crippen molar-refractivity contribution in [1.29, 1.82) is 0 Å². The van der Waals surface area contributed by atoms with Crippen molar-refractivity contribution in [2.75, 3.05) is 18.4 Å². The van der Waals surface area contributed by atoms with Crippen molar-refractivity contribution in [2.45, 2.75) is 26.4 Å². The standard InChI is InChI=1S/C13H18F3N3O/c1-9(2)8-19-11(20)5-7-18-12-10(13(14,15)16)4-3-6-17-12/h3-4,6,9H,5,7-8H2,1-2H3,(H,17,18)(H,19,20). The van der Waals surface area contributed by atoms with Gasteiger partial charge < -0.3 is 10.6 Å². The number of nitrogens with one attached hydrogen (secondary N) is 2. The zero-order valence-electron chi connectivity index (χ0n) is 11.4. The van der Waals surface area contributed by atoms with Crippen LogP contribution in [0.1, 0.15) is 25.8 Å². The maximum absolute atomic E-state index is 12.7. The van der Waals surface area contributed by atoms with Crippen LogP contribution in [0, 0.1) is 5.92 Å². The third-order valence-corrected chi connectivity index (χ3v) is 2.47. The van der Waals surface area contributed by atoms with Gasteiger partial charge in [0.15, 0.2) is 0 Å². The lowest BCUT2D eigenvalue weighted by atomic mass is 10.2. The molecule has 7 heteroatoms. The predicted octanol–water partition coefficient (Wildman–Crippen LogP) is 2.67. The fourth-order valence-corrected chi connectivity index (χ4v) is 1.48. The summed E-state index contributed by atoms with van der Waals surface area (Å²) in [5.41, 5.74) is -0.831. The second-order valence-electron chi connectivity index (χ2n) is 4.77. The number of hydrogen-bond donors (Lipinski definition) is 2. The van der Waals surface area contributed by atoms with Gasteiger partial charge in [-0.15, -0.1) is 0 Å². The van der Waals surface area contributed by atoms with Crippen LogP contribution in [0.25, 0.3) is 0 Å². The SMILES string of the molecule is CC(C)CNC(=O)CCNc1ncccc1C(F)(F)F.